The summed E-state index contributed by atoms with van der Waals surface area (Å²) in [6.45, 7) is 12.8. The van der Waals surface area contributed by atoms with E-state index in [2.05, 4.69) is 51.7 Å². The third-order valence-electron chi connectivity index (χ3n) is 4.81. The van der Waals surface area contributed by atoms with Gasteiger partial charge in [-0.1, -0.05) is 32.9 Å². The van der Waals surface area contributed by atoms with E-state index >= 15 is 0 Å². The number of aryl methyl sites for hydroxylation is 2. The molecule has 0 N–H and O–H groups in total. The number of likely N-dealkylation sites (tertiary alicyclic amines) is 1. The molecule has 1 unspecified atom stereocenters. The Bertz CT molecular complexity index is 657. The molecule has 130 valence electrons. The molecule has 1 fully saturated rings. The first-order valence-electron chi connectivity index (χ1n) is 8.26. The van der Waals surface area contributed by atoms with Crippen LogP contribution in [-0.4, -0.2) is 36.2 Å². The SMILES string of the molecule is Cc1cc(C(C)(C)C)cc(C)c1CN1CCCC(S(=O)(=O)[O-])C1.[K+]. The van der Waals surface area contributed by atoms with Gasteiger partial charge in [0.15, 0.2) is 0 Å². The monoisotopic (exact) mass is 377 g/mol. The Morgan fingerprint density at radius 3 is 2.21 bits per heavy atom. The van der Waals surface area contributed by atoms with Crippen molar-refractivity contribution in [3.63, 3.8) is 0 Å². The maximum absolute atomic E-state index is 11.3. The Morgan fingerprint density at radius 2 is 1.75 bits per heavy atom. The van der Waals surface area contributed by atoms with E-state index < -0.39 is 15.4 Å². The van der Waals surface area contributed by atoms with E-state index in [0.717, 1.165) is 13.0 Å². The zero-order valence-electron chi connectivity index (χ0n) is 15.8. The summed E-state index contributed by atoms with van der Waals surface area (Å²) in [5.74, 6) is 0. The van der Waals surface area contributed by atoms with E-state index in [0.29, 0.717) is 19.5 Å². The molecule has 0 radical (unpaired) electrons. The number of benzene rings is 1. The molecule has 0 aromatic heterocycles. The van der Waals surface area contributed by atoms with Crippen LogP contribution in [0.4, 0.5) is 0 Å². The first-order chi connectivity index (χ1) is 10.5. The standard InChI is InChI=1S/C18H29NO3S.K/c1-13-9-15(18(3,4)5)10-14(2)17(13)12-19-8-6-7-16(11-19)23(20,21)22;/h9-10,16H,6-8,11-12H2,1-5H3,(H,20,21,22);/q;+1/p-1. The summed E-state index contributed by atoms with van der Waals surface area (Å²) in [4.78, 5) is 2.11. The molecular formula is C18H28KNO3S. The van der Waals surface area contributed by atoms with Crippen LogP contribution in [0.3, 0.4) is 0 Å². The summed E-state index contributed by atoms with van der Waals surface area (Å²) < 4.78 is 33.9. The smallest absolute Gasteiger partial charge is 0.748 e. The molecule has 1 aliphatic heterocycles. The minimum absolute atomic E-state index is 0. The van der Waals surface area contributed by atoms with Gasteiger partial charge in [-0.3, -0.25) is 4.90 Å². The van der Waals surface area contributed by atoms with Gasteiger partial charge in [-0.2, -0.15) is 0 Å². The summed E-state index contributed by atoms with van der Waals surface area (Å²) in [5, 5.41) is -0.759. The zero-order valence-corrected chi connectivity index (χ0v) is 19.8. The summed E-state index contributed by atoms with van der Waals surface area (Å²) in [6.07, 6.45) is 1.26. The maximum atomic E-state index is 11.3. The van der Waals surface area contributed by atoms with Crippen molar-refractivity contribution < 1.29 is 64.4 Å². The van der Waals surface area contributed by atoms with Gasteiger partial charge in [-0.05, 0) is 60.9 Å². The molecule has 0 bridgehead atoms. The molecule has 2 rings (SSSR count). The molecule has 1 aromatic rings. The fraction of sp³-hybridized carbons (Fsp3) is 0.667. The van der Waals surface area contributed by atoms with Gasteiger partial charge in [0, 0.05) is 13.1 Å². The van der Waals surface area contributed by atoms with Crippen molar-refractivity contribution in [3.05, 3.63) is 34.4 Å². The summed E-state index contributed by atoms with van der Waals surface area (Å²) >= 11 is 0. The quantitative estimate of drug-likeness (QED) is 0.554. The summed E-state index contributed by atoms with van der Waals surface area (Å²) in [5.41, 5.74) is 5.15. The number of rotatable bonds is 3. The van der Waals surface area contributed by atoms with Crippen molar-refractivity contribution in [2.75, 3.05) is 13.1 Å². The molecule has 24 heavy (non-hydrogen) atoms. The number of nitrogens with zero attached hydrogens (tertiary/aromatic N) is 1. The van der Waals surface area contributed by atoms with Crippen LogP contribution in [0.1, 0.15) is 55.9 Å². The van der Waals surface area contributed by atoms with E-state index in [1.165, 1.54) is 22.3 Å². The Hall–Kier alpha value is 0.726. The fourth-order valence-electron chi connectivity index (χ4n) is 3.29. The second-order valence-corrected chi connectivity index (χ2v) is 9.48. The molecule has 4 nitrogen and oxygen atoms in total. The molecule has 0 saturated carbocycles. The van der Waals surface area contributed by atoms with Crippen molar-refractivity contribution >= 4 is 10.1 Å². The molecule has 0 amide bonds. The minimum Gasteiger partial charge on any atom is -0.748 e. The molecule has 0 aliphatic carbocycles. The van der Waals surface area contributed by atoms with Gasteiger partial charge in [-0.25, -0.2) is 8.42 Å². The topological polar surface area (TPSA) is 60.4 Å². The van der Waals surface area contributed by atoms with Crippen LogP contribution < -0.4 is 51.4 Å². The molecular weight excluding hydrogens is 349 g/mol. The van der Waals surface area contributed by atoms with E-state index in [4.69, 9.17) is 0 Å². The van der Waals surface area contributed by atoms with Crippen LogP contribution in [-0.2, 0) is 22.1 Å². The van der Waals surface area contributed by atoms with Crippen LogP contribution in [0.15, 0.2) is 12.1 Å². The molecule has 1 heterocycles. The average molecular weight is 378 g/mol. The average Bonchev–Trinajstić information content (AvgIpc) is 2.41. The van der Waals surface area contributed by atoms with Gasteiger partial charge in [0.05, 0.1) is 15.4 Å². The fourth-order valence-corrected chi connectivity index (χ4v) is 4.14. The van der Waals surface area contributed by atoms with E-state index in [9.17, 15) is 13.0 Å². The van der Waals surface area contributed by atoms with E-state index in [1.54, 1.807) is 0 Å². The first kappa shape index (κ1) is 22.8. The maximum Gasteiger partial charge on any atom is 1.00 e. The van der Waals surface area contributed by atoms with Gasteiger partial charge in [0.2, 0.25) is 0 Å². The first-order valence-corrected chi connectivity index (χ1v) is 9.73. The van der Waals surface area contributed by atoms with E-state index in [1.807, 2.05) is 0 Å². The summed E-state index contributed by atoms with van der Waals surface area (Å²) in [6, 6.07) is 4.46. The van der Waals surface area contributed by atoms with E-state index in [-0.39, 0.29) is 56.8 Å². The molecule has 1 aliphatic rings. The molecule has 1 saturated heterocycles. The second-order valence-electron chi connectivity index (χ2n) is 7.83. The predicted octanol–water partition coefficient (Wildman–Crippen LogP) is 0.115. The van der Waals surface area contributed by atoms with Crippen molar-refractivity contribution in [3.8, 4) is 0 Å². The van der Waals surface area contributed by atoms with Crippen LogP contribution in [0.5, 0.6) is 0 Å². The van der Waals surface area contributed by atoms with Gasteiger partial charge in [-0.15, -0.1) is 0 Å². The van der Waals surface area contributed by atoms with Crippen LogP contribution in [0.2, 0.25) is 0 Å². The van der Waals surface area contributed by atoms with Gasteiger partial charge in [0.25, 0.3) is 0 Å². The van der Waals surface area contributed by atoms with Gasteiger partial charge < -0.3 is 4.55 Å². The number of hydrogen-bond donors (Lipinski definition) is 0. The summed E-state index contributed by atoms with van der Waals surface area (Å²) in [7, 11) is -4.19. The van der Waals surface area contributed by atoms with Gasteiger partial charge in [0.1, 0.15) is 0 Å². The van der Waals surface area contributed by atoms with Crippen LogP contribution in [0, 0.1) is 13.8 Å². The third kappa shape index (κ3) is 5.88. The van der Waals surface area contributed by atoms with Crippen LogP contribution in [0.25, 0.3) is 0 Å². The predicted molar refractivity (Wildman–Crippen MR) is 92.6 cm³/mol. The molecule has 1 atom stereocenters. The third-order valence-corrected chi connectivity index (χ3v) is 6.02. The molecule has 0 spiro atoms. The Balaban J connectivity index is 0.00000288. The van der Waals surface area contributed by atoms with Crippen molar-refractivity contribution in [2.24, 2.45) is 0 Å². The Kier molecular flexibility index (Phi) is 8.17. The largest absolute Gasteiger partial charge is 1.00 e. The minimum atomic E-state index is -4.19. The Morgan fingerprint density at radius 1 is 1.21 bits per heavy atom. The number of hydrogen-bond acceptors (Lipinski definition) is 4. The van der Waals surface area contributed by atoms with Crippen molar-refractivity contribution in [1.29, 1.82) is 0 Å². The molecule has 6 heteroatoms. The number of piperidine rings is 1. The zero-order chi connectivity index (χ0) is 17.4. The van der Waals surface area contributed by atoms with Crippen LogP contribution >= 0.6 is 0 Å². The second kappa shape index (κ2) is 8.61. The van der Waals surface area contributed by atoms with Crippen molar-refractivity contribution in [1.82, 2.24) is 4.90 Å². The Labute approximate surface area is 189 Å². The van der Waals surface area contributed by atoms with Gasteiger partial charge >= 0.3 is 51.4 Å². The normalized spacial score (nSPS) is 19.8. The van der Waals surface area contributed by atoms with Crippen molar-refractivity contribution in [2.45, 2.75) is 64.7 Å². The molecule has 1 aromatic carbocycles.